The Morgan fingerprint density at radius 3 is 2.00 bits per heavy atom. The van der Waals surface area contributed by atoms with Gasteiger partial charge in [-0.1, -0.05) is 21.8 Å². The molecular weight excluding hydrogens is 616 g/mol. The Kier molecular flexibility index (Phi) is 10.9. The third kappa shape index (κ3) is 6.54. The van der Waals surface area contributed by atoms with Crippen LogP contribution >= 0.6 is 0 Å². The van der Waals surface area contributed by atoms with E-state index in [2.05, 4.69) is 4.74 Å². The topological polar surface area (TPSA) is 124 Å². The summed E-state index contributed by atoms with van der Waals surface area (Å²) in [7, 11) is 1.40. The summed E-state index contributed by atoms with van der Waals surface area (Å²) in [5.74, 6) is 4.78. The molecule has 8 aliphatic rings. The molecule has 0 spiro atoms. The van der Waals surface area contributed by atoms with Crippen molar-refractivity contribution in [3.8, 4) is 0 Å². The van der Waals surface area contributed by atoms with Gasteiger partial charge in [0.15, 0.2) is 5.79 Å². The molecule has 4 bridgehead atoms. The SMILES string of the molecule is C.C.CCC(C)(C)C(=O)OC1C(=O)OC2C1CC1OC(C)(C)OC12.COC(=O)C(C)(C)C.O=C1OCC2C3CC(C12)C1C2CCC(C2)C31. The monoisotopic (exact) mass is 678 g/mol. The van der Waals surface area contributed by atoms with Gasteiger partial charge in [0.1, 0.15) is 12.2 Å². The second-order valence-corrected chi connectivity index (χ2v) is 17.1. The fourth-order valence-electron chi connectivity index (χ4n) is 10.2. The summed E-state index contributed by atoms with van der Waals surface area (Å²) < 4.78 is 32.4. The molecule has 3 heterocycles. The van der Waals surface area contributed by atoms with E-state index in [0.717, 1.165) is 42.1 Å². The van der Waals surface area contributed by atoms with Crippen LogP contribution in [0.3, 0.4) is 0 Å². The number of cyclic esters (lactones) is 1. The zero-order chi connectivity index (χ0) is 33.5. The largest absolute Gasteiger partial charge is 0.469 e. The van der Waals surface area contributed by atoms with Crippen LogP contribution in [-0.2, 0) is 47.6 Å². The van der Waals surface area contributed by atoms with E-state index in [4.69, 9.17) is 23.7 Å². The molecule has 274 valence electrons. The van der Waals surface area contributed by atoms with E-state index in [-0.39, 0.29) is 62.4 Å². The Hall–Kier alpha value is -2.20. The zero-order valence-electron chi connectivity index (χ0n) is 29.0. The highest BCUT2D eigenvalue weighted by Gasteiger charge is 2.69. The molecule has 48 heavy (non-hydrogen) atoms. The van der Waals surface area contributed by atoms with Gasteiger partial charge in [-0.3, -0.25) is 14.4 Å². The molecule has 0 radical (unpaired) electrons. The van der Waals surface area contributed by atoms with Crippen LogP contribution in [0.5, 0.6) is 0 Å². The number of methoxy groups -OCH3 is 1. The van der Waals surface area contributed by atoms with Gasteiger partial charge in [0.05, 0.1) is 36.6 Å². The number of fused-ring (bicyclic) bond motifs is 15. The average molecular weight is 679 g/mol. The second kappa shape index (κ2) is 13.5. The fraction of sp³-hybridized carbons (Fsp3) is 0.895. The first-order valence-corrected chi connectivity index (χ1v) is 17.5. The predicted octanol–water partition coefficient (Wildman–Crippen LogP) is 6.37. The molecule has 5 saturated carbocycles. The lowest BCUT2D eigenvalue weighted by atomic mass is 9.64. The minimum Gasteiger partial charge on any atom is -0.469 e. The Balaban J connectivity index is 0.000000176. The summed E-state index contributed by atoms with van der Waals surface area (Å²) in [5, 5.41) is 0. The van der Waals surface area contributed by atoms with Crippen molar-refractivity contribution < 1.29 is 47.6 Å². The normalized spacial score (nSPS) is 41.5. The third-order valence-electron chi connectivity index (χ3n) is 12.6. The van der Waals surface area contributed by atoms with E-state index in [9.17, 15) is 19.2 Å². The molecule has 8 rings (SSSR count). The number of hydrogen-bond acceptors (Lipinski definition) is 10. The molecule has 0 amide bonds. The third-order valence-corrected chi connectivity index (χ3v) is 12.6. The Bertz CT molecular complexity index is 1230. The van der Waals surface area contributed by atoms with Gasteiger partial charge in [-0.15, -0.1) is 0 Å². The van der Waals surface area contributed by atoms with Gasteiger partial charge in [-0.2, -0.15) is 0 Å². The van der Waals surface area contributed by atoms with Crippen LogP contribution in [-0.4, -0.2) is 67.8 Å². The van der Waals surface area contributed by atoms with E-state index in [1.807, 2.05) is 55.4 Å². The summed E-state index contributed by atoms with van der Waals surface area (Å²) in [6, 6.07) is 0. The van der Waals surface area contributed by atoms with Crippen molar-refractivity contribution >= 4 is 23.9 Å². The van der Waals surface area contributed by atoms with Crippen molar-refractivity contribution in [3.63, 3.8) is 0 Å². The van der Waals surface area contributed by atoms with Gasteiger partial charge in [0.2, 0.25) is 6.10 Å². The first-order chi connectivity index (χ1) is 21.5. The summed E-state index contributed by atoms with van der Waals surface area (Å²) in [6.07, 6.45) is 5.45. The predicted molar refractivity (Wildman–Crippen MR) is 178 cm³/mol. The summed E-state index contributed by atoms with van der Waals surface area (Å²) >= 11 is 0. The van der Waals surface area contributed by atoms with Crippen LogP contribution in [0.1, 0.15) is 109 Å². The van der Waals surface area contributed by atoms with Crippen molar-refractivity contribution in [1.29, 1.82) is 0 Å². The van der Waals surface area contributed by atoms with Crippen LogP contribution in [0.2, 0.25) is 0 Å². The summed E-state index contributed by atoms with van der Waals surface area (Å²) in [5.41, 5.74) is -0.962. The van der Waals surface area contributed by atoms with Gasteiger partial charge in [-0.05, 0) is 122 Å². The maximum absolute atomic E-state index is 12.2. The van der Waals surface area contributed by atoms with Crippen molar-refractivity contribution in [3.05, 3.63) is 0 Å². The minimum atomic E-state index is -0.843. The molecule has 10 nitrogen and oxygen atoms in total. The number of carbonyl (C=O) groups is 4. The number of ether oxygens (including phenoxy) is 6. The first-order valence-electron chi connectivity index (χ1n) is 17.5. The molecule has 0 N–H and O–H groups in total. The zero-order valence-corrected chi connectivity index (χ0v) is 29.0. The molecule has 0 aromatic rings. The van der Waals surface area contributed by atoms with E-state index < -0.39 is 23.3 Å². The van der Waals surface area contributed by atoms with Gasteiger partial charge in [0, 0.05) is 11.8 Å². The molecule has 8 fully saturated rings. The van der Waals surface area contributed by atoms with Gasteiger partial charge < -0.3 is 28.4 Å². The molecule has 5 aliphatic carbocycles. The Morgan fingerprint density at radius 2 is 1.44 bits per heavy atom. The number of hydrogen-bond donors (Lipinski definition) is 0. The van der Waals surface area contributed by atoms with Gasteiger partial charge in [0.25, 0.3) is 0 Å². The molecule has 3 saturated heterocycles. The van der Waals surface area contributed by atoms with Crippen LogP contribution < -0.4 is 0 Å². The smallest absolute Gasteiger partial charge is 0.348 e. The number of esters is 4. The maximum atomic E-state index is 12.2. The average Bonchev–Trinajstić information content (AvgIpc) is 3.83. The lowest BCUT2D eigenvalue weighted by Gasteiger charge is -2.38. The second-order valence-electron chi connectivity index (χ2n) is 17.1. The van der Waals surface area contributed by atoms with Crippen LogP contribution in [0.4, 0.5) is 0 Å². The van der Waals surface area contributed by atoms with Crippen molar-refractivity contribution in [2.75, 3.05) is 13.7 Å². The number of rotatable bonds is 3. The van der Waals surface area contributed by atoms with Crippen LogP contribution in [0.15, 0.2) is 0 Å². The van der Waals surface area contributed by atoms with Gasteiger partial charge >= 0.3 is 23.9 Å². The lowest BCUT2D eigenvalue weighted by molar-refractivity contribution is -0.170. The molecular formula is C38H62O10. The lowest BCUT2D eigenvalue weighted by Crippen LogP contribution is -2.38. The standard InChI is InChI=1S/C16H24O6.C14H18O2.C6H12O2.2CH4/c1-6-15(2,3)14(18)20-11-8-7-9-12(10(8)19-13(11)17)22-16(4,5)21-9;15-14-13-9-4-8(10(13)5-16-14)11-6-1-2-7(3-6)12(9)11;1-6(2,3)5(7)8-4;;/h8-12H,6-7H2,1-5H3;6-13H,1-5H2;1-4H3;2*1H4. The van der Waals surface area contributed by atoms with Gasteiger partial charge in [-0.25, -0.2) is 4.79 Å². The molecule has 10 heteroatoms. The highest BCUT2D eigenvalue weighted by atomic mass is 16.8. The quantitative estimate of drug-likeness (QED) is 0.189. The Labute approximate surface area is 288 Å². The minimum absolute atomic E-state index is 0. The molecule has 3 aliphatic heterocycles. The first kappa shape index (κ1) is 38.6. The molecule has 0 aromatic heterocycles. The molecule has 0 aromatic carbocycles. The van der Waals surface area contributed by atoms with Crippen LogP contribution in [0.25, 0.3) is 0 Å². The highest BCUT2D eigenvalue weighted by Crippen LogP contribution is 2.71. The van der Waals surface area contributed by atoms with E-state index >= 15 is 0 Å². The van der Waals surface area contributed by atoms with Crippen molar-refractivity contribution in [2.24, 2.45) is 64.1 Å². The molecule has 13 unspecified atom stereocenters. The van der Waals surface area contributed by atoms with Crippen molar-refractivity contribution in [1.82, 2.24) is 0 Å². The fourth-order valence-corrected chi connectivity index (χ4v) is 10.2. The maximum Gasteiger partial charge on any atom is 0.348 e. The number of carbonyl (C=O) groups excluding carboxylic acids is 4. The van der Waals surface area contributed by atoms with Crippen LogP contribution in [0, 0.1) is 64.1 Å². The highest BCUT2D eigenvalue weighted by molar-refractivity contribution is 5.83. The van der Waals surface area contributed by atoms with Crippen molar-refractivity contribution in [2.45, 2.75) is 139 Å². The van der Waals surface area contributed by atoms with E-state index in [0.29, 0.717) is 24.7 Å². The summed E-state index contributed by atoms with van der Waals surface area (Å²) in [4.78, 5) is 46.8. The van der Waals surface area contributed by atoms with E-state index in [1.54, 1.807) is 0 Å². The molecule has 13 atom stereocenters. The summed E-state index contributed by atoms with van der Waals surface area (Å²) in [6.45, 7) is 15.4. The van der Waals surface area contributed by atoms with E-state index in [1.165, 1.54) is 32.8 Å². The Morgan fingerprint density at radius 1 is 0.812 bits per heavy atom.